The number of rotatable bonds is 5. The molecule has 2 fully saturated rings. The average molecular weight is 355 g/mol. The molecule has 1 aromatic rings. The molecule has 1 aliphatic heterocycles. The van der Waals surface area contributed by atoms with Crippen LogP contribution in [0, 0.1) is 5.92 Å². The maximum absolute atomic E-state index is 12.8. The van der Waals surface area contributed by atoms with Crippen molar-refractivity contribution in [3.63, 3.8) is 0 Å². The van der Waals surface area contributed by atoms with Crippen molar-refractivity contribution in [3.05, 3.63) is 29.3 Å². The lowest BCUT2D eigenvalue weighted by Crippen LogP contribution is -2.64. The number of phenolic OH excluding ortho intramolecular Hbond substituents is 1. The van der Waals surface area contributed by atoms with Gasteiger partial charge in [0, 0.05) is 18.5 Å². The van der Waals surface area contributed by atoms with E-state index in [0.717, 1.165) is 30.1 Å². The van der Waals surface area contributed by atoms with Crippen LogP contribution in [0.3, 0.4) is 0 Å². The summed E-state index contributed by atoms with van der Waals surface area (Å²) in [7, 11) is 2.11. The zero-order valence-corrected chi connectivity index (χ0v) is 15.1. The first kappa shape index (κ1) is 16.3. The fourth-order valence-electron chi connectivity index (χ4n) is 5.24. The zero-order chi connectivity index (χ0) is 18.1. The van der Waals surface area contributed by atoms with E-state index in [0.29, 0.717) is 25.0 Å². The molecule has 0 bridgehead atoms. The molecule has 4 aliphatic rings. The van der Waals surface area contributed by atoms with Gasteiger partial charge < -0.3 is 19.8 Å². The van der Waals surface area contributed by atoms with E-state index in [1.54, 1.807) is 6.07 Å². The predicted molar refractivity (Wildman–Crippen MR) is 97.3 cm³/mol. The lowest BCUT2D eigenvalue weighted by molar-refractivity contribution is -0.144. The summed E-state index contributed by atoms with van der Waals surface area (Å²) in [4.78, 5) is 15.1. The van der Waals surface area contributed by atoms with Gasteiger partial charge in [0.25, 0.3) is 0 Å². The third-order valence-electron chi connectivity index (χ3n) is 6.81. The van der Waals surface area contributed by atoms with Crippen molar-refractivity contribution in [1.82, 2.24) is 4.90 Å². The van der Waals surface area contributed by atoms with Crippen molar-refractivity contribution in [2.75, 3.05) is 20.1 Å². The van der Waals surface area contributed by atoms with Crippen LogP contribution in [0.4, 0.5) is 0 Å². The Morgan fingerprint density at radius 1 is 1.35 bits per heavy atom. The van der Waals surface area contributed by atoms with Gasteiger partial charge in [-0.1, -0.05) is 18.2 Å². The number of carbonyl (C=O) groups is 1. The highest BCUT2D eigenvalue weighted by atomic mass is 16.5. The highest BCUT2D eigenvalue weighted by molar-refractivity contribution is 5.91. The molecule has 1 heterocycles. The van der Waals surface area contributed by atoms with Crippen LogP contribution in [-0.2, 0) is 10.2 Å². The van der Waals surface area contributed by atoms with Crippen molar-refractivity contribution >= 4 is 11.9 Å². The summed E-state index contributed by atoms with van der Waals surface area (Å²) < 4.78 is 6.02. The third kappa shape index (κ3) is 2.07. The Balaban J connectivity index is 1.60. The SMILES string of the molecule is CN(CC[C@]12c3c4ccc(O)c3OC1C(=O)CC[C@@]2(O)C=C4)CC1CC1. The van der Waals surface area contributed by atoms with Crippen LogP contribution in [0.15, 0.2) is 18.2 Å². The van der Waals surface area contributed by atoms with E-state index in [2.05, 4.69) is 11.9 Å². The molecule has 1 unspecified atom stereocenters. The standard InChI is InChI=1S/C21H25NO4/c1-22(12-13-2-3-13)11-10-21-17-14-4-5-15(23)18(17)26-19(21)16(24)7-9-20(21,25)8-6-14/h4-6,8,13,19,23,25H,2-3,7,9-12H2,1H3/t19?,20-,21-/m0/s1. The number of Topliss-reactive ketones (excluding diaryl/α,β-unsaturated/α-hetero) is 1. The highest BCUT2D eigenvalue weighted by Crippen LogP contribution is 2.61. The van der Waals surface area contributed by atoms with Gasteiger partial charge in [0.1, 0.15) is 0 Å². The van der Waals surface area contributed by atoms with E-state index >= 15 is 0 Å². The van der Waals surface area contributed by atoms with E-state index in [-0.39, 0.29) is 11.5 Å². The van der Waals surface area contributed by atoms with E-state index in [9.17, 15) is 15.0 Å². The van der Waals surface area contributed by atoms with Crippen LogP contribution in [0.25, 0.3) is 6.08 Å². The lowest BCUT2D eigenvalue weighted by atomic mass is 9.54. The maximum atomic E-state index is 12.8. The van der Waals surface area contributed by atoms with Gasteiger partial charge >= 0.3 is 0 Å². The van der Waals surface area contributed by atoms with Crippen LogP contribution in [0.5, 0.6) is 11.5 Å². The molecule has 2 N–H and O–H groups in total. The van der Waals surface area contributed by atoms with Crippen LogP contribution in [-0.4, -0.2) is 52.7 Å². The van der Waals surface area contributed by atoms with Crippen molar-refractivity contribution in [2.45, 2.75) is 49.2 Å². The highest BCUT2D eigenvalue weighted by Gasteiger charge is 2.66. The van der Waals surface area contributed by atoms with Gasteiger partial charge in [-0.05, 0) is 56.8 Å². The Hall–Kier alpha value is -1.85. The number of nitrogens with zero attached hydrogens (tertiary/aromatic N) is 1. The molecule has 0 aromatic heterocycles. The Morgan fingerprint density at radius 2 is 2.15 bits per heavy atom. The Kier molecular flexibility index (Phi) is 3.35. The topological polar surface area (TPSA) is 70.0 Å². The largest absolute Gasteiger partial charge is 0.504 e. The molecule has 1 aromatic carbocycles. The van der Waals surface area contributed by atoms with Crippen molar-refractivity contribution in [2.24, 2.45) is 5.92 Å². The van der Waals surface area contributed by atoms with Crippen LogP contribution < -0.4 is 4.74 Å². The second kappa shape index (κ2) is 5.33. The Morgan fingerprint density at radius 3 is 2.92 bits per heavy atom. The summed E-state index contributed by atoms with van der Waals surface area (Å²) in [6.07, 6.45) is 6.98. The second-order valence-electron chi connectivity index (χ2n) is 8.53. The van der Waals surface area contributed by atoms with E-state index in [4.69, 9.17) is 4.74 Å². The quantitative estimate of drug-likeness (QED) is 0.848. The molecule has 0 radical (unpaired) electrons. The molecule has 138 valence electrons. The summed E-state index contributed by atoms with van der Waals surface area (Å²) in [5, 5.41) is 21.9. The maximum Gasteiger partial charge on any atom is 0.174 e. The number of benzene rings is 1. The Bertz CT molecular complexity index is 814. The minimum absolute atomic E-state index is 0.0244. The number of carbonyl (C=O) groups excluding carboxylic acids is 1. The molecule has 0 spiro atoms. The summed E-state index contributed by atoms with van der Waals surface area (Å²) in [5.41, 5.74) is -0.166. The van der Waals surface area contributed by atoms with E-state index < -0.39 is 17.1 Å². The minimum atomic E-state index is -1.11. The molecule has 3 atom stereocenters. The van der Waals surface area contributed by atoms with Gasteiger partial charge in [-0.15, -0.1) is 0 Å². The normalized spacial score (nSPS) is 34.1. The Labute approximate surface area is 153 Å². The van der Waals surface area contributed by atoms with Gasteiger partial charge in [0.05, 0.1) is 11.0 Å². The number of aromatic hydroxyl groups is 1. The first-order valence-electron chi connectivity index (χ1n) is 9.60. The van der Waals surface area contributed by atoms with Crippen LogP contribution >= 0.6 is 0 Å². The monoisotopic (exact) mass is 355 g/mol. The molecule has 26 heavy (non-hydrogen) atoms. The lowest BCUT2D eigenvalue weighted by Gasteiger charge is -2.51. The molecule has 5 rings (SSSR count). The first-order chi connectivity index (χ1) is 12.4. The van der Waals surface area contributed by atoms with Crippen molar-refractivity contribution < 1.29 is 19.7 Å². The summed E-state index contributed by atoms with van der Waals surface area (Å²) >= 11 is 0. The first-order valence-corrected chi connectivity index (χ1v) is 9.60. The van der Waals surface area contributed by atoms with Gasteiger partial charge in [0.15, 0.2) is 23.4 Å². The van der Waals surface area contributed by atoms with Crippen molar-refractivity contribution in [3.8, 4) is 11.5 Å². The molecule has 0 amide bonds. The molecular formula is C21H25NO4. The van der Waals surface area contributed by atoms with Crippen LogP contribution in [0.2, 0.25) is 0 Å². The number of hydrogen-bond acceptors (Lipinski definition) is 5. The number of aliphatic hydroxyl groups is 1. The predicted octanol–water partition coefficient (Wildman–Crippen LogP) is 2.24. The number of ketones is 1. The second-order valence-corrected chi connectivity index (χ2v) is 8.53. The number of phenols is 1. The summed E-state index contributed by atoms with van der Waals surface area (Å²) in [6.45, 7) is 1.85. The smallest absolute Gasteiger partial charge is 0.174 e. The molecule has 5 nitrogen and oxygen atoms in total. The fraction of sp³-hybridized carbons (Fsp3) is 0.571. The summed E-state index contributed by atoms with van der Waals surface area (Å²) in [6, 6.07) is 3.46. The van der Waals surface area contributed by atoms with Gasteiger partial charge in [-0.3, -0.25) is 4.79 Å². The molecule has 3 aliphatic carbocycles. The van der Waals surface area contributed by atoms with Gasteiger partial charge in [-0.2, -0.15) is 0 Å². The molecule has 5 heteroatoms. The minimum Gasteiger partial charge on any atom is -0.504 e. The van der Waals surface area contributed by atoms with Gasteiger partial charge in [0.2, 0.25) is 0 Å². The number of hydrogen-bond donors (Lipinski definition) is 2. The average Bonchev–Trinajstić information content (AvgIpc) is 3.34. The van der Waals surface area contributed by atoms with E-state index in [1.807, 2.05) is 18.2 Å². The van der Waals surface area contributed by atoms with Crippen LogP contribution in [0.1, 0.15) is 43.2 Å². The molecular weight excluding hydrogens is 330 g/mol. The number of ether oxygens (including phenoxy) is 1. The molecule has 2 saturated carbocycles. The zero-order valence-electron chi connectivity index (χ0n) is 15.1. The third-order valence-corrected chi connectivity index (χ3v) is 6.81. The summed E-state index contributed by atoms with van der Waals surface area (Å²) in [5.74, 6) is 1.25. The van der Waals surface area contributed by atoms with E-state index in [1.165, 1.54) is 12.8 Å². The fourth-order valence-corrected chi connectivity index (χ4v) is 5.24. The molecule has 0 saturated heterocycles. The van der Waals surface area contributed by atoms with Crippen molar-refractivity contribution in [1.29, 1.82) is 0 Å². The van der Waals surface area contributed by atoms with Gasteiger partial charge in [-0.25, -0.2) is 0 Å².